The maximum Gasteiger partial charge on any atom is 0.321 e. The van der Waals surface area contributed by atoms with Gasteiger partial charge in [0.05, 0.1) is 0 Å². The summed E-state index contributed by atoms with van der Waals surface area (Å²) in [6.45, 7) is 3.15. The number of benzene rings is 2. The maximum atomic E-state index is 12.3. The predicted octanol–water partition coefficient (Wildman–Crippen LogP) is 3.43. The van der Waals surface area contributed by atoms with Gasteiger partial charge in [-0.15, -0.1) is 0 Å². The minimum absolute atomic E-state index is 0.112. The molecule has 1 saturated heterocycles. The van der Waals surface area contributed by atoms with Crippen LogP contribution in [0.1, 0.15) is 15.9 Å². The largest absolute Gasteiger partial charge is 0.336 e. The summed E-state index contributed by atoms with van der Waals surface area (Å²) in [5.41, 5.74) is 2.93. The molecule has 1 aliphatic heterocycles. The zero-order chi connectivity index (χ0) is 16.4. The summed E-state index contributed by atoms with van der Waals surface area (Å²) in [5.74, 6) is -0.201. The van der Waals surface area contributed by atoms with Gasteiger partial charge in [0.2, 0.25) is 0 Å². The molecule has 23 heavy (non-hydrogen) atoms. The lowest BCUT2D eigenvalue weighted by molar-refractivity contribution is 0.102. The first kappa shape index (κ1) is 15.4. The third kappa shape index (κ3) is 3.29. The third-order valence-electron chi connectivity index (χ3n) is 3.73. The minimum atomic E-state index is -0.201. The molecule has 2 aromatic rings. The highest BCUT2D eigenvalue weighted by molar-refractivity contribution is 6.30. The van der Waals surface area contributed by atoms with Crippen LogP contribution in [0.5, 0.6) is 0 Å². The molecule has 2 N–H and O–H groups in total. The standard InChI is InChI=1S/C17H16ClN3O2/c1-11-10-13(18)4-7-15(11)20-16(22)12-2-5-14(6-3-12)21-9-8-19-17(21)23/h2-7,10H,8-9H2,1H3,(H,19,23)(H,20,22). The number of urea groups is 1. The van der Waals surface area contributed by atoms with E-state index in [-0.39, 0.29) is 11.9 Å². The molecule has 2 aromatic carbocycles. The topological polar surface area (TPSA) is 61.4 Å². The first-order chi connectivity index (χ1) is 11.0. The number of carbonyl (C=O) groups excluding carboxylic acids is 2. The Kier molecular flexibility index (Phi) is 4.21. The lowest BCUT2D eigenvalue weighted by atomic mass is 10.1. The molecule has 0 spiro atoms. The first-order valence-electron chi connectivity index (χ1n) is 7.27. The Bertz CT molecular complexity index is 759. The van der Waals surface area contributed by atoms with Crippen molar-refractivity contribution in [2.45, 2.75) is 6.92 Å². The zero-order valence-electron chi connectivity index (χ0n) is 12.6. The fourth-order valence-electron chi connectivity index (χ4n) is 2.47. The Morgan fingerprint density at radius 3 is 2.57 bits per heavy atom. The van der Waals surface area contributed by atoms with E-state index in [9.17, 15) is 9.59 Å². The molecule has 0 unspecified atom stereocenters. The average Bonchev–Trinajstić information content (AvgIpc) is 2.96. The van der Waals surface area contributed by atoms with Crippen LogP contribution in [0.25, 0.3) is 0 Å². The van der Waals surface area contributed by atoms with Crippen molar-refractivity contribution in [3.8, 4) is 0 Å². The van der Waals surface area contributed by atoms with Gasteiger partial charge >= 0.3 is 6.03 Å². The number of rotatable bonds is 3. The molecular formula is C17H16ClN3O2. The Morgan fingerprint density at radius 2 is 1.96 bits per heavy atom. The van der Waals surface area contributed by atoms with Crippen molar-refractivity contribution in [1.82, 2.24) is 5.32 Å². The SMILES string of the molecule is Cc1cc(Cl)ccc1NC(=O)c1ccc(N2CCNC2=O)cc1. The summed E-state index contributed by atoms with van der Waals surface area (Å²) in [7, 11) is 0. The molecule has 3 rings (SSSR count). The van der Waals surface area contributed by atoms with E-state index < -0.39 is 0 Å². The number of aryl methyl sites for hydroxylation is 1. The molecule has 1 aliphatic rings. The van der Waals surface area contributed by atoms with E-state index in [1.54, 1.807) is 47.4 Å². The van der Waals surface area contributed by atoms with Crippen molar-refractivity contribution in [2.75, 3.05) is 23.3 Å². The van der Waals surface area contributed by atoms with Gasteiger partial charge in [-0.25, -0.2) is 4.79 Å². The van der Waals surface area contributed by atoms with Gasteiger partial charge in [0.15, 0.2) is 0 Å². The Labute approximate surface area is 139 Å². The van der Waals surface area contributed by atoms with Gasteiger partial charge in [0, 0.05) is 35.1 Å². The van der Waals surface area contributed by atoms with E-state index in [0.29, 0.717) is 23.7 Å². The molecule has 0 atom stereocenters. The number of hydrogen-bond acceptors (Lipinski definition) is 2. The van der Waals surface area contributed by atoms with E-state index in [2.05, 4.69) is 10.6 Å². The number of amides is 3. The Hall–Kier alpha value is -2.53. The van der Waals surface area contributed by atoms with Gasteiger partial charge in [0.25, 0.3) is 5.91 Å². The van der Waals surface area contributed by atoms with Crippen LogP contribution in [0.3, 0.4) is 0 Å². The fourth-order valence-corrected chi connectivity index (χ4v) is 2.70. The second-order valence-corrected chi connectivity index (χ2v) is 5.78. The molecular weight excluding hydrogens is 314 g/mol. The molecule has 0 aromatic heterocycles. The van der Waals surface area contributed by atoms with Crippen LogP contribution >= 0.6 is 11.6 Å². The molecule has 1 heterocycles. The van der Waals surface area contributed by atoms with E-state index in [1.807, 2.05) is 6.92 Å². The van der Waals surface area contributed by atoms with Crippen LogP contribution < -0.4 is 15.5 Å². The molecule has 118 valence electrons. The van der Waals surface area contributed by atoms with Crippen LogP contribution in [0.2, 0.25) is 5.02 Å². The molecule has 5 nitrogen and oxygen atoms in total. The first-order valence-corrected chi connectivity index (χ1v) is 7.65. The third-order valence-corrected chi connectivity index (χ3v) is 3.97. The lowest BCUT2D eigenvalue weighted by Gasteiger charge is -2.14. The van der Waals surface area contributed by atoms with Crippen LogP contribution in [0.15, 0.2) is 42.5 Å². The fraction of sp³-hybridized carbons (Fsp3) is 0.176. The number of nitrogens with one attached hydrogen (secondary N) is 2. The van der Waals surface area contributed by atoms with Gasteiger partial charge in [-0.1, -0.05) is 11.6 Å². The van der Waals surface area contributed by atoms with Gasteiger partial charge < -0.3 is 10.6 Å². The van der Waals surface area contributed by atoms with Gasteiger partial charge in [-0.05, 0) is 55.0 Å². The summed E-state index contributed by atoms with van der Waals surface area (Å²) < 4.78 is 0. The van der Waals surface area contributed by atoms with Gasteiger partial charge in [0.1, 0.15) is 0 Å². The van der Waals surface area contributed by atoms with Crippen LogP contribution in [0.4, 0.5) is 16.2 Å². The number of hydrogen-bond donors (Lipinski definition) is 2. The van der Waals surface area contributed by atoms with Crippen LogP contribution in [-0.2, 0) is 0 Å². The van der Waals surface area contributed by atoms with E-state index in [0.717, 1.165) is 16.9 Å². The lowest BCUT2D eigenvalue weighted by Crippen LogP contribution is -2.27. The molecule has 0 saturated carbocycles. The van der Waals surface area contributed by atoms with E-state index >= 15 is 0 Å². The zero-order valence-corrected chi connectivity index (χ0v) is 13.4. The van der Waals surface area contributed by atoms with Crippen molar-refractivity contribution in [3.05, 3.63) is 58.6 Å². The summed E-state index contributed by atoms with van der Waals surface area (Å²) in [6, 6.07) is 12.2. The van der Waals surface area contributed by atoms with Crippen LogP contribution in [0, 0.1) is 6.92 Å². The number of halogens is 1. The minimum Gasteiger partial charge on any atom is -0.336 e. The predicted molar refractivity (Wildman–Crippen MR) is 91.3 cm³/mol. The highest BCUT2D eigenvalue weighted by atomic mass is 35.5. The highest BCUT2D eigenvalue weighted by Gasteiger charge is 2.21. The molecule has 0 aliphatic carbocycles. The van der Waals surface area contributed by atoms with Crippen LogP contribution in [-0.4, -0.2) is 25.0 Å². The van der Waals surface area contributed by atoms with Crippen molar-refractivity contribution >= 4 is 34.9 Å². The second-order valence-electron chi connectivity index (χ2n) is 5.34. The van der Waals surface area contributed by atoms with Crippen molar-refractivity contribution in [1.29, 1.82) is 0 Å². The van der Waals surface area contributed by atoms with E-state index in [4.69, 9.17) is 11.6 Å². The summed E-state index contributed by atoms with van der Waals surface area (Å²) in [6.07, 6.45) is 0. The maximum absolute atomic E-state index is 12.3. The number of nitrogens with zero attached hydrogens (tertiary/aromatic N) is 1. The van der Waals surface area contributed by atoms with Gasteiger partial charge in [-0.2, -0.15) is 0 Å². The molecule has 6 heteroatoms. The second kappa shape index (κ2) is 6.30. The average molecular weight is 330 g/mol. The smallest absolute Gasteiger partial charge is 0.321 e. The molecule has 1 fully saturated rings. The monoisotopic (exact) mass is 329 g/mol. The Morgan fingerprint density at radius 1 is 1.22 bits per heavy atom. The van der Waals surface area contributed by atoms with Crippen molar-refractivity contribution in [3.63, 3.8) is 0 Å². The highest BCUT2D eigenvalue weighted by Crippen LogP contribution is 2.21. The van der Waals surface area contributed by atoms with Gasteiger partial charge in [-0.3, -0.25) is 9.69 Å². The number of anilines is 2. The van der Waals surface area contributed by atoms with Crippen molar-refractivity contribution < 1.29 is 9.59 Å². The number of carbonyl (C=O) groups is 2. The normalized spacial score (nSPS) is 13.8. The van der Waals surface area contributed by atoms with Crippen molar-refractivity contribution in [2.24, 2.45) is 0 Å². The quantitative estimate of drug-likeness (QED) is 0.906. The molecule has 3 amide bonds. The molecule has 0 bridgehead atoms. The van der Waals surface area contributed by atoms with E-state index in [1.165, 1.54) is 0 Å². The summed E-state index contributed by atoms with van der Waals surface area (Å²) in [5, 5.41) is 6.24. The summed E-state index contributed by atoms with van der Waals surface area (Å²) >= 11 is 5.91. The Balaban J connectivity index is 1.74. The molecule has 0 radical (unpaired) electrons. The summed E-state index contributed by atoms with van der Waals surface area (Å²) in [4.78, 5) is 25.6.